The number of guanidine groups is 1. The molecular formula is C15H28N8O6S. The zero-order valence-corrected chi connectivity index (χ0v) is 17.1. The number of hydrogen-bond donors (Lipinski definition) is 9. The molecule has 0 heterocycles. The molecule has 0 radical (unpaired) electrons. The van der Waals surface area contributed by atoms with Crippen LogP contribution in [0.3, 0.4) is 0 Å². The molecule has 0 aromatic heterocycles. The van der Waals surface area contributed by atoms with Crippen molar-refractivity contribution in [3.05, 3.63) is 0 Å². The quantitative estimate of drug-likeness (QED) is 0.0534. The molecule has 0 aliphatic rings. The van der Waals surface area contributed by atoms with Crippen LogP contribution in [-0.2, 0) is 24.0 Å². The van der Waals surface area contributed by atoms with Crippen molar-refractivity contribution in [3.63, 3.8) is 0 Å². The van der Waals surface area contributed by atoms with Crippen molar-refractivity contribution in [1.82, 2.24) is 16.0 Å². The van der Waals surface area contributed by atoms with E-state index in [-0.39, 0.29) is 24.7 Å². The second kappa shape index (κ2) is 14.0. The van der Waals surface area contributed by atoms with Crippen LogP contribution in [0.1, 0.15) is 19.3 Å². The molecule has 15 heteroatoms. The summed E-state index contributed by atoms with van der Waals surface area (Å²) >= 11 is 3.91. The van der Waals surface area contributed by atoms with Gasteiger partial charge < -0.3 is 44.0 Å². The minimum atomic E-state index is -1.53. The molecule has 14 nitrogen and oxygen atoms in total. The number of rotatable bonds is 14. The first-order chi connectivity index (χ1) is 14.0. The number of hydrogen-bond acceptors (Lipinski definition) is 8. The van der Waals surface area contributed by atoms with Gasteiger partial charge in [-0.05, 0) is 12.8 Å². The van der Waals surface area contributed by atoms with Crippen molar-refractivity contribution in [2.45, 2.75) is 37.4 Å². The van der Waals surface area contributed by atoms with Gasteiger partial charge in [-0.1, -0.05) is 0 Å². The first-order valence-corrected chi connectivity index (χ1v) is 9.41. The summed E-state index contributed by atoms with van der Waals surface area (Å²) < 4.78 is 0. The van der Waals surface area contributed by atoms with E-state index in [1.54, 1.807) is 0 Å². The average Bonchev–Trinajstić information content (AvgIpc) is 2.66. The fourth-order valence-corrected chi connectivity index (χ4v) is 2.24. The number of nitrogens with zero attached hydrogens (tertiary/aromatic N) is 1. The van der Waals surface area contributed by atoms with Gasteiger partial charge in [-0.25, -0.2) is 4.79 Å². The number of carbonyl (C=O) groups excluding carboxylic acids is 4. The second-order valence-electron chi connectivity index (χ2n) is 6.15. The van der Waals surface area contributed by atoms with Crippen LogP contribution in [0.2, 0.25) is 0 Å². The van der Waals surface area contributed by atoms with E-state index in [9.17, 15) is 24.0 Å². The molecule has 0 rings (SSSR count). The molecule has 0 aromatic rings. The van der Waals surface area contributed by atoms with Gasteiger partial charge in [0.2, 0.25) is 23.6 Å². The smallest absolute Gasteiger partial charge is 0.326 e. The van der Waals surface area contributed by atoms with E-state index in [1.807, 2.05) is 0 Å². The Morgan fingerprint density at radius 1 is 1.00 bits per heavy atom. The first kappa shape index (κ1) is 26.9. The van der Waals surface area contributed by atoms with Crippen LogP contribution in [0.4, 0.5) is 0 Å². The van der Waals surface area contributed by atoms with E-state index in [4.69, 9.17) is 28.0 Å². The van der Waals surface area contributed by atoms with Crippen LogP contribution >= 0.6 is 12.6 Å². The molecule has 0 saturated heterocycles. The Bertz CT molecular complexity index is 670. The minimum absolute atomic E-state index is 0.0486. The SMILES string of the molecule is NC(=O)CC(NC(=O)CNC(=O)C(CCCN=C(N)N)NC(=O)C(N)CS)C(=O)O. The number of nitrogens with one attached hydrogen (secondary N) is 3. The topological polar surface area (TPSA) is 258 Å². The van der Waals surface area contributed by atoms with Gasteiger partial charge in [-0.15, -0.1) is 0 Å². The summed E-state index contributed by atoms with van der Waals surface area (Å²) in [6.45, 7) is -0.394. The third-order valence-electron chi connectivity index (χ3n) is 3.57. The Hall–Kier alpha value is -3.07. The van der Waals surface area contributed by atoms with E-state index < -0.39 is 60.7 Å². The lowest BCUT2D eigenvalue weighted by Gasteiger charge is -2.20. The lowest BCUT2D eigenvalue weighted by molar-refractivity contribution is -0.143. The highest BCUT2D eigenvalue weighted by Gasteiger charge is 2.25. The van der Waals surface area contributed by atoms with Gasteiger partial charge in [0.25, 0.3) is 0 Å². The van der Waals surface area contributed by atoms with Crippen molar-refractivity contribution in [3.8, 4) is 0 Å². The Kier molecular flexibility index (Phi) is 12.6. The third kappa shape index (κ3) is 11.7. The predicted molar refractivity (Wildman–Crippen MR) is 110 cm³/mol. The second-order valence-corrected chi connectivity index (χ2v) is 6.51. The molecule has 3 unspecified atom stereocenters. The molecule has 0 aliphatic carbocycles. The van der Waals surface area contributed by atoms with E-state index in [0.717, 1.165) is 0 Å². The van der Waals surface area contributed by atoms with Crippen LogP contribution in [0.5, 0.6) is 0 Å². The zero-order valence-electron chi connectivity index (χ0n) is 16.2. The van der Waals surface area contributed by atoms with Gasteiger partial charge in [-0.3, -0.25) is 24.2 Å². The summed E-state index contributed by atoms with van der Waals surface area (Å²) in [5, 5.41) is 15.7. The Morgan fingerprint density at radius 2 is 1.63 bits per heavy atom. The zero-order chi connectivity index (χ0) is 23.3. The van der Waals surface area contributed by atoms with Crippen molar-refractivity contribution < 1.29 is 29.1 Å². The monoisotopic (exact) mass is 448 g/mol. The number of primary amides is 1. The van der Waals surface area contributed by atoms with Crippen molar-refractivity contribution >= 4 is 48.2 Å². The molecule has 12 N–H and O–H groups in total. The number of carboxylic acid groups (broad SMARTS) is 1. The van der Waals surface area contributed by atoms with Crippen LogP contribution in [0.25, 0.3) is 0 Å². The summed E-state index contributed by atoms with van der Waals surface area (Å²) in [4.78, 5) is 61.9. The number of aliphatic imine (C=N–C) groups is 1. The average molecular weight is 449 g/mol. The maximum absolute atomic E-state index is 12.4. The lowest BCUT2D eigenvalue weighted by atomic mass is 10.1. The molecule has 0 saturated carbocycles. The van der Waals surface area contributed by atoms with Crippen molar-refractivity contribution in [1.29, 1.82) is 0 Å². The molecule has 170 valence electrons. The summed E-state index contributed by atoms with van der Waals surface area (Å²) in [6, 6.07) is -3.53. The van der Waals surface area contributed by atoms with Crippen LogP contribution < -0.4 is 38.9 Å². The van der Waals surface area contributed by atoms with E-state index in [1.165, 1.54) is 0 Å². The number of carboxylic acids is 1. The number of thiol groups is 1. The van der Waals surface area contributed by atoms with Gasteiger partial charge in [0, 0.05) is 12.3 Å². The highest BCUT2D eigenvalue weighted by atomic mass is 32.1. The van der Waals surface area contributed by atoms with Crippen LogP contribution in [-0.4, -0.2) is 77.6 Å². The summed E-state index contributed by atoms with van der Waals surface area (Å²) in [5.41, 5.74) is 20.9. The Morgan fingerprint density at radius 3 is 2.13 bits per heavy atom. The molecule has 0 fully saturated rings. The molecule has 4 amide bonds. The number of nitrogens with two attached hydrogens (primary N) is 4. The largest absolute Gasteiger partial charge is 0.480 e. The van der Waals surface area contributed by atoms with Crippen molar-refractivity contribution in [2.24, 2.45) is 27.9 Å². The van der Waals surface area contributed by atoms with Gasteiger partial charge >= 0.3 is 5.97 Å². The molecule has 0 bridgehead atoms. The number of carbonyl (C=O) groups is 5. The number of aliphatic carboxylic acids is 1. The number of amides is 4. The van der Waals surface area contributed by atoms with Crippen LogP contribution in [0.15, 0.2) is 4.99 Å². The molecule has 0 spiro atoms. The highest BCUT2D eigenvalue weighted by Crippen LogP contribution is 2.00. The standard InChI is InChI=1S/C15H28N8O6S/c16-7(6-30)12(26)23-8(2-1-3-20-15(18)19)13(27)21-5-11(25)22-9(14(28)29)4-10(17)24/h7-9,30H,1-6,16H2,(H2,17,24)(H,21,27)(H,22,25)(H,23,26)(H,28,29)(H4,18,19,20). The molecule has 30 heavy (non-hydrogen) atoms. The predicted octanol–water partition coefficient (Wildman–Crippen LogP) is -4.66. The van der Waals surface area contributed by atoms with Gasteiger partial charge in [-0.2, -0.15) is 12.6 Å². The Balaban J connectivity index is 4.89. The van der Waals surface area contributed by atoms with Crippen molar-refractivity contribution in [2.75, 3.05) is 18.8 Å². The fourth-order valence-electron chi connectivity index (χ4n) is 2.07. The summed E-state index contributed by atoms with van der Waals surface area (Å²) in [5.74, 6) is -4.66. The minimum Gasteiger partial charge on any atom is -0.480 e. The molecule has 3 atom stereocenters. The van der Waals surface area contributed by atoms with E-state index in [2.05, 4.69) is 33.6 Å². The molecule has 0 aliphatic heterocycles. The molecule has 0 aromatic carbocycles. The lowest BCUT2D eigenvalue weighted by Crippen LogP contribution is -2.54. The normalized spacial score (nSPS) is 13.3. The summed E-state index contributed by atoms with van der Waals surface area (Å²) in [6.07, 6.45) is -0.146. The summed E-state index contributed by atoms with van der Waals surface area (Å²) in [7, 11) is 0. The molecular weight excluding hydrogens is 420 g/mol. The third-order valence-corrected chi connectivity index (χ3v) is 3.97. The van der Waals surface area contributed by atoms with E-state index in [0.29, 0.717) is 6.42 Å². The van der Waals surface area contributed by atoms with Crippen LogP contribution in [0, 0.1) is 0 Å². The first-order valence-electron chi connectivity index (χ1n) is 8.78. The Labute approximate surface area is 178 Å². The fraction of sp³-hybridized carbons (Fsp3) is 0.600. The maximum Gasteiger partial charge on any atom is 0.326 e. The van der Waals surface area contributed by atoms with Gasteiger partial charge in [0.15, 0.2) is 5.96 Å². The van der Waals surface area contributed by atoms with E-state index >= 15 is 0 Å². The highest BCUT2D eigenvalue weighted by molar-refractivity contribution is 7.80. The van der Waals surface area contributed by atoms with Gasteiger partial charge in [0.05, 0.1) is 19.0 Å². The van der Waals surface area contributed by atoms with Gasteiger partial charge in [0.1, 0.15) is 12.1 Å². The maximum atomic E-state index is 12.4.